The third-order valence-corrected chi connectivity index (χ3v) is 1.03. The standard InChI is InChI=1S/C5H8N2O3/c1-7-3-6-4(10-7)5(8)9-2/h3-4H,1-2H3/t4-/m1/s1. The first-order valence-electron chi connectivity index (χ1n) is 2.75. The van der Waals surface area contributed by atoms with Crippen LogP contribution < -0.4 is 0 Å². The molecule has 0 unspecified atom stereocenters. The van der Waals surface area contributed by atoms with Crippen LogP contribution in [0.3, 0.4) is 0 Å². The molecule has 1 aliphatic heterocycles. The van der Waals surface area contributed by atoms with Gasteiger partial charge in [-0.05, 0) is 0 Å². The first kappa shape index (κ1) is 7.01. The normalized spacial score (nSPS) is 23.4. The van der Waals surface area contributed by atoms with Crippen molar-refractivity contribution in [2.24, 2.45) is 4.99 Å². The van der Waals surface area contributed by atoms with Crippen molar-refractivity contribution in [2.75, 3.05) is 14.2 Å². The fourth-order valence-corrected chi connectivity index (χ4v) is 0.571. The number of aliphatic imine (C=N–C) groups is 1. The largest absolute Gasteiger partial charge is 0.466 e. The predicted molar refractivity (Wildman–Crippen MR) is 33.1 cm³/mol. The van der Waals surface area contributed by atoms with Gasteiger partial charge < -0.3 is 4.74 Å². The molecule has 1 rings (SSSR count). The van der Waals surface area contributed by atoms with E-state index < -0.39 is 12.2 Å². The zero-order valence-electron chi connectivity index (χ0n) is 5.77. The molecule has 0 radical (unpaired) electrons. The summed E-state index contributed by atoms with van der Waals surface area (Å²) in [5.41, 5.74) is 0. The third-order valence-electron chi connectivity index (χ3n) is 1.03. The van der Waals surface area contributed by atoms with E-state index in [1.807, 2.05) is 0 Å². The van der Waals surface area contributed by atoms with E-state index in [1.165, 1.54) is 18.5 Å². The van der Waals surface area contributed by atoms with Gasteiger partial charge in [-0.1, -0.05) is 0 Å². The van der Waals surface area contributed by atoms with Crippen LogP contribution in [-0.4, -0.2) is 37.8 Å². The van der Waals surface area contributed by atoms with Crippen molar-refractivity contribution < 1.29 is 14.4 Å². The van der Waals surface area contributed by atoms with Crippen LogP contribution in [0.25, 0.3) is 0 Å². The maximum atomic E-state index is 10.7. The topological polar surface area (TPSA) is 51.1 Å². The molecule has 10 heavy (non-hydrogen) atoms. The minimum atomic E-state index is -0.810. The molecule has 5 nitrogen and oxygen atoms in total. The van der Waals surface area contributed by atoms with Gasteiger partial charge in [0.1, 0.15) is 6.34 Å². The molecular formula is C5H8N2O3. The zero-order valence-corrected chi connectivity index (χ0v) is 5.77. The summed E-state index contributed by atoms with van der Waals surface area (Å²) < 4.78 is 4.38. The molecule has 5 heteroatoms. The highest BCUT2D eigenvalue weighted by molar-refractivity contribution is 5.77. The molecule has 1 aliphatic rings. The number of carbonyl (C=O) groups is 1. The maximum Gasteiger partial charge on any atom is 0.360 e. The Morgan fingerprint density at radius 3 is 3.00 bits per heavy atom. The molecule has 0 aromatic carbocycles. The summed E-state index contributed by atoms with van der Waals surface area (Å²) >= 11 is 0. The Kier molecular flexibility index (Phi) is 1.86. The molecule has 56 valence electrons. The first-order valence-corrected chi connectivity index (χ1v) is 2.75. The Morgan fingerprint density at radius 1 is 1.90 bits per heavy atom. The second-order valence-electron chi connectivity index (χ2n) is 1.79. The maximum absolute atomic E-state index is 10.7. The summed E-state index contributed by atoms with van der Waals surface area (Å²) in [4.78, 5) is 19.2. The SMILES string of the molecule is COC(=O)[C@@H]1N=CN(C)O1. The number of carbonyl (C=O) groups excluding carboxylic acids is 1. The molecule has 0 aromatic rings. The Morgan fingerprint density at radius 2 is 2.60 bits per heavy atom. The van der Waals surface area contributed by atoms with Crippen LogP contribution in [-0.2, 0) is 14.4 Å². The minimum absolute atomic E-state index is 0.486. The van der Waals surface area contributed by atoms with E-state index in [-0.39, 0.29) is 0 Å². The lowest BCUT2D eigenvalue weighted by molar-refractivity contribution is -0.169. The fraction of sp³-hybridized carbons (Fsp3) is 0.600. The summed E-state index contributed by atoms with van der Waals surface area (Å²) in [7, 11) is 2.94. The van der Waals surface area contributed by atoms with E-state index in [9.17, 15) is 4.79 Å². The average Bonchev–Trinajstić information content (AvgIpc) is 2.34. The Balaban J connectivity index is 2.46. The van der Waals surface area contributed by atoms with Gasteiger partial charge in [-0.25, -0.2) is 19.7 Å². The summed E-state index contributed by atoms with van der Waals surface area (Å²) in [6, 6.07) is 0. The highest BCUT2D eigenvalue weighted by atomic mass is 16.7. The molecule has 0 spiro atoms. The second kappa shape index (κ2) is 2.66. The molecule has 0 aromatic heterocycles. The number of hydrogen-bond acceptors (Lipinski definition) is 5. The van der Waals surface area contributed by atoms with Crippen molar-refractivity contribution in [3.63, 3.8) is 0 Å². The van der Waals surface area contributed by atoms with Crippen LogP contribution in [0.2, 0.25) is 0 Å². The molecular weight excluding hydrogens is 136 g/mol. The Hall–Kier alpha value is -1.10. The van der Waals surface area contributed by atoms with Gasteiger partial charge in [-0.3, -0.25) is 0 Å². The van der Waals surface area contributed by atoms with Crippen LogP contribution in [0.4, 0.5) is 0 Å². The molecule has 0 aliphatic carbocycles. The molecule has 1 atom stereocenters. The van der Waals surface area contributed by atoms with E-state index >= 15 is 0 Å². The lowest BCUT2D eigenvalue weighted by Crippen LogP contribution is -2.24. The number of methoxy groups -OCH3 is 1. The minimum Gasteiger partial charge on any atom is -0.466 e. The third kappa shape index (κ3) is 1.24. The number of esters is 1. The molecule has 0 saturated carbocycles. The highest BCUT2D eigenvalue weighted by Gasteiger charge is 2.24. The van der Waals surface area contributed by atoms with Gasteiger partial charge in [0, 0.05) is 7.05 Å². The lowest BCUT2D eigenvalue weighted by atomic mass is 10.6. The van der Waals surface area contributed by atoms with Crippen molar-refractivity contribution >= 4 is 12.3 Å². The van der Waals surface area contributed by atoms with Crippen LogP contribution >= 0.6 is 0 Å². The predicted octanol–water partition coefficient (Wildman–Crippen LogP) is -0.609. The van der Waals surface area contributed by atoms with Crippen LogP contribution in [0, 0.1) is 0 Å². The van der Waals surface area contributed by atoms with Gasteiger partial charge in [0.25, 0.3) is 6.23 Å². The summed E-state index contributed by atoms with van der Waals surface area (Å²) in [6.07, 6.45) is 0.608. The van der Waals surface area contributed by atoms with Gasteiger partial charge in [-0.2, -0.15) is 0 Å². The Bertz CT molecular complexity index is 168. The van der Waals surface area contributed by atoms with E-state index in [4.69, 9.17) is 4.84 Å². The van der Waals surface area contributed by atoms with Crippen LogP contribution in [0.15, 0.2) is 4.99 Å². The number of nitrogens with zero attached hydrogens (tertiary/aromatic N) is 2. The number of ether oxygens (including phenoxy) is 1. The van der Waals surface area contributed by atoms with Crippen molar-refractivity contribution in [1.29, 1.82) is 0 Å². The van der Waals surface area contributed by atoms with Crippen molar-refractivity contribution in [3.05, 3.63) is 0 Å². The second-order valence-corrected chi connectivity index (χ2v) is 1.79. The summed E-state index contributed by atoms with van der Waals surface area (Å²) in [5.74, 6) is -0.486. The molecule has 0 bridgehead atoms. The molecule has 0 fully saturated rings. The van der Waals surface area contributed by atoms with Crippen molar-refractivity contribution in [2.45, 2.75) is 6.23 Å². The number of hydrogen-bond donors (Lipinski definition) is 0. The van der Waals surface area contributed by atoms with Crippen molar-refractivity contribution in [1.82, 2.24) is 5.06 Å². The van der Waals surface area contributed by atoms with E-state index in [1.54, 1.807) is 7.05 Å². The molecule has 1 heterocycles. The Labute approximate surface area is 58.2 Å². The van der Waals surface area contributed by atoms with E-state index in [2.05, 4.69) is 9.73 Å². The van der Waals surface area contributed by atoms with Gasteiger partial charge in [-0.15, -0.1) is 0 Å². The van der Waals surface area contributed by atoms with Gasteiger partial charge in [0.2, 0.25) is 0 Å². The molecule has 0 saturated heterocycles. The number of hydroxylamine groups is 2. The summed E-state index contributed by atoms with van der Waals surface area (Å²) in [6.45, 7) is 0. The van der Waals surface area contributed by atoms with Crippen LogP contribution in [0.1, 0.15) is 0 Å². The average molecular weight is 144 g/mol. The smallest absolute Gasteiger partial charge is 0.360 e. The fourth-order valence-electron chi connectivity index (χ4n) is 0.571. The lowest BCUT2D eigenvalue weighted by Gasteiger charge is -2.07. The monoisotopic (exact) mass is 144 g/mol. The quantitative estimate of drug-likeness (QED) is 0.461. The van der Waals surface area contributed by atoms with Gasteiger partial charge >= 0.3 is 5.97 Å². The summed E-state index contributed by atoms with van der Waals surface area (Å²) in [5, 5.41) is 1.35. The van der Waals surface area contributed by atoms with Gasteiger partial charge in [0.05, 0.1) is 7.11 Å². The number of rotatable bonds is 1. The van der Waals surface area contributed by atoms with E-state index in [0.717, 1.165) is 0 Å². The molecule has 0 N–H and O–H groups in total. The molecule has 0 amide bonds. The van der Waals surface area contributed by atoms with Gasteiger partial charge in [0.15, 0.2) is 0 Å². The zero-order chi connectivity index (χ0) is 7.56. The van der Waals surface area contributed by atoms with Crippen molar-refractivity contribution in [3.8, 4) is 0 Å². The van der Waals surface area contributed by atoms with Crippen LogP contribution in [0.5, 0.6) is 0 Å². The van der Waals surface area contributed by atoms with E-state index in [0.29, 0.717) is 0 Å². The highest BCUT2D eigenvalue weighted by Crippen LogP contribution is 2.04. The first-order chi connectivity index (χ1) is 4.74.